The molecule has 0 spiro atoms. The van der Waals surface area contributed by atoms with E-state index in [0.29, 0.717) is 5.69 Å². The fourth-order valence-corrected chi connectivity index (χ4v) is 2.42. The van der Waals surface area contributed by atoms with Gasteiger partial charge in [-0.3, -0.25) is 4.90 Å². The number of halogens is 2. The first-order chi connectivity index (χ1) is 6.02. The minimum absolute atomic E-state index is 0.646. The lowest BCUT2D eigenvalue weighted by Gasteiger charge is -2.14. The van der Waals surface area contributed by atoms with Crippen molar-refractivity contribution < 1.29 is 9.90 Å². The second-order valence-electron chi connectivity index (χ2n) is 2.44. The van der Waals surface area contributed by atoms with Crippen LogP contribution in [0.4, 0.5) is 10.5 Å². The van der Waals surface area contributed by atoms with Crippen LogP contribution in [0.2, 0.25) is 0 Å². The molecular weight excluding hydrogens is 349 g/mol. The van der Waals surface area contributed by atoms with Gasteiger partial charge in [0.2, 0.25) is 0 Å². The third-order valence-corrected chi connectivity index (χ3v) is 2.86. The zero-order valence-electron chi connectivity index (χ0n) is 6.79. The van der Waals surface area contributed by atoms with Crippen LogP contribution in [0.15, 0.2) is 22.7 Å². The maximum atomic E-state index is 10.6. The number of anilines is 1. The van der Waals surface area contributed by atoms with Gasteiger partial charge < -0.3 is 5.11 Å². The van der Waals surface area contributed by atoms with Crippen molar-refractivity contribution in [2.45, 2.75) is 0 Å². The van der Waals surface area contributed by atoms with Crippen LogP contribution in [0.3, 0.4) is 0 Å². The minimum Gasteiger partial charge on any atom is -0.465 e. The van der Waals surface area contributed by atoms with Crippen LogP contribution >= 0.6 is 38.5 Å². The van der Waals surface area contributed by atoms with Crippen molar-refractivity contribution in [3.8, 4) is 0 Å². The molecule has 0 aromatic heterocycles. The number of hydrogen-bond donors (Lipinski definition) is 1. The van der Waals surface area contributed by atoms with Gasteiger partial charge in [-0.15, -0.1) is 0 Å². The van der Waals surface area contributed by atoms with Crippen LogP contribution < -0.4 is 4.90 Å². The van der Waals surface area contributed by atoms with Crippen molar-refractivity contribution in [1.82, 2.24) is 0 Å². The van der Waals surface area contributed by atoms with Gasteiger partial charge in [-0.05, 0) is 56.7 Å². The topological polar surface area (TPSA) is 40.5 Å². The lowest BCUT2D eigenvalue weighted by atomic mass is 10.3. The molecule has 0 heterocycles. The molecule has 0 aliphatic rings. The summed E-state index contributed by atoms with van der Waals surface area (Å²) >= 11 is 5.47. The lowest BCUT2D eigenvalue weighted by Crippen LogP contribution is -2.24. The third kappa shape index (κ3) is 2.57. The molecule has 1 rings (SSSR count). The van der Waals surface area contributed by atoms with Gasteiger partial charge in [-0.2, -0.15) is 0 Å². The van der Waals surface area contributed by atoms with Crippen LogP contribution in [-0.4, -0.2) is 18.2 Å². The predicted octanol–water partition coefficient (Wildman–Crippen LogP) is 3.17. The van der Waals surface area contributed by atoms with Crippen LogP contribution in [0.1, 0.15) is 0 Å². The zero-order valence-corrected chi connectivity index (χ0v) is 10.5. The van der Waals surface area contributed by atoms with Gasteiger partial charge >= 0.3 is 6.09 Å². The summed E-state index contributed by atoms with van der Waals surface area (Å²) in [5.74, 6) is 0. The Labute approximate surface area is 98.0 Å². The Morgan fingerprint density at radius 2 is 2.23 bits per heavy atom. The predicted molar refractivity (Wildman–Crippen MR) is 63.3 cm³/mol. The summed E-state index contributed by atoms with van der Waals surface area (Å²) in [5, 5.41) is 8.73. The first-order valence-electron chi connectivity index (χ1n) is 3.44. The molecule has 1 N–H and O–H groups in total. The Morgan fingerprint density at radius 3 is 2.69 bits per heavy atom. The van der Waals surface area contributed by atoms with E-state index in [-0.39, 0.29) is 0 Å². The number of amides is 1. The number of benzene rings is 1. The molecule has 1 aromatic carbocycles. The molecule has 0 saturated carbocycles. The van der Waals surface area contributed by atoms with Gasteiger partial charge in [-0.1, -0.05) is 0 Å². The van der Waals surface area contributed by atoms with Crippen molar-refractivity contribution in [1.29, 1.82) is 0 Å². The fourth-order valence-electron chi connectivity index (χ4n) is 0.856. The van der Waals surface area contributed by atoms with E-state index in [1.807, 2.05) is 12.1 Å². The highest BCUT2D eigenvalue weighted by molar-refractivity contribution is 14.1. The molecule has 5 heteroatoms. The summed E-state index contributed by atoms with van der Waals surface area (Å²) in [5.41, 5.74) is 0.646. The summed E-state index contributed by atoms with van der Waals surface area (Å²) in [6.45, 7) is 0. The maximum Gasteiger partial charge on any atom is 0.411 e. The zero-order chi connectivity index (χ0) is 10.0. The molecule has 0 fully saturated rings. The monoisotopic (exact) mass is 355 g/mol. The van der Waals surface area contributed by atoms with Gasteiger partial charge in [0.05, 0.1) is 5.69 Å². The van der Waals surface area contributed by atoms with Crippen LogP contribution in [0.5, 0.6) is 0 Å². The molecule has 0 aliphatic carbocycles. The Hall–Kier alpha value is -0.300. The van der Waals surface area contributed by atoms with Gasteiger partial charge in [0, 0.05) is 15.1 Å². The van der Waals surface area contributed by atoms with Gasteiger partial charge in [0.1, 0.15) is 0 Å². The number of rotatable bonds is 1. The molecule has 1 amide bonds. The SMILES string of the molecule is CN(C(=O)O)c1ccc(I)cc1Br. The quantitative estimate of drug-likeness (QED) is 0.786. The molecule has 0 saturated heterocycles. The van der Waals surface area contributed by atoms with Crippen LogP contribution in [-0.2, 0) is 0 Å². The number of hydrogen-bond acceptors (Lipinski definition) is 1. The van der Waals surface area contributed by atoms with E-state index < -0.39 is 6.09 Å². The van der Waals surface area contributed by atoms with E-state index in [9.17, 15) is 4.79 Å². The molecule has 3 nitrogen and oxygen atoms in total. The smallest absolute Gasteiger partial charge is 0.411 e. The first kappa shape index (κ1) is 10.8. The van der Waals surface area contributed by atoms with Crippen molar-refractivity contribution >= 4 is 50.3 Å². The Balaban J connectivity index is 3.08. The van der Waals surface area contributed by atoms with Crippen molar-refractivity contribution in [2.75, 3.05) is 11.9 Å². The Morgan fingerprint density at radius 1 is 1.62 bits per heavy atom. The average molecular weight is 356 g/mol. The summed E-state index contributed by atoms with van der Waals surface area (Å²) in [6, 6.07) is 5.50. The van der Waals surface area contributed by atoms with E-state index in [1.165, 1.54) is 11.9 Å². The van der Waals surface area contributed by atoms with Crippen molar-refractivity contribution in [3.63, 3.8) is 0 Å². The molecule has 0 aliphatic heterocycles. The fraction of sp³-hybridized carbons (Fsp3) is 0.125. The maximum absolute atomic E-state index is 10.6. The van der Waals surface area contributed by atoms with Crippen LogP contribution in [0, 0.1) is 3.57 Å². The number of carbonyl (C=O) groups is 1. The molecule has 0 radical (unpaired) electrons. The van der Waals surface area contributed by atoms with Gasteiger partial charge in [-0.25, -0.2) is 4.79 Å². The lowest BCUT2D eigenvalue weighted by molar-refractivity contribution is 0.203. The second kappa shape index (κ2) is 4.28. The van der Waals surface area contributed by atoms with Crippen molar-refractivity contribution in [2.24, 2.45) is 0 Å². The summed E-state index contributed by atoms with van der Waals surface area (Å²) < 4.78 is 1.84. The van der Waals surface area contributed by atoms with E-state index >= 15 is 0 Å². The van der Waals surface area contributed by atoms with Gasteiger partial charge in [0.15, 0.2) is 0 Å². The largest absolute Gasteiger partial charge is 0.465 e. The molecule has 70 valence electrons. The third-order valence-electron chi connectivity index (χ3n) is 1.56. The summed E-state index contributed by atoms with van der Waals surface area (Å²) in [6.07, 6.45) is -0.970. The molecule has 0 unspecified atom stereocenters. The number of nitrogens with zero attached hydrogens (tertiary/aromatic N) is 1. The Kier molecular flexibility index (Phi) is 3.55. The van der Waals surface area contributed by atoms with Crippen LogP contribution in [0.25, 0.3) is 0 Å². The number of carboxylic acid groups (broad SMARTS) is 1. The van der Waals surface area contributed by atoms with E-state index in [1.54, 1.807) is 6.07 Å². The standard InChI is InChI=1S/C8H7BrINO2/c1-11(8(12)13)7-3-2-5(10)4-6(7)9/h2-4H,1H3,(H,12,13). The van der Waals surface area contributed by atoms with Crippen molar-refractivity contribution in [3.05, 3.63) is 26.2 Å². The van der Waals surface area contributed by atoms with Gasteiger partial charge in [0.25, 0.3) is 0 Å². The second-order valence-corrected chi connectivity index (χ2v) is 4.54. The van der Waals surface area contributed by atoms with E-state index in [4.69, 9.17) is 5.11 Å². The molecule has 13 heavy (non-hydrogen) atoms. The van der Waals surface area contributed by atoms with E-state index in [0.717, 1.165) is 8.04 Å². The highest BCUT2D eigenvalue weighted by Gasteiger charge is 2.11. The minimum atomic E-state index is -0.970. The van der Waals surface area contributed by atoms with E-state index in [2.05, 4.69) is 38.5 Å². The molecule has 0 bridgehead atoms. The molecule has 1 aromatic rings. The molecule has 0 atom stereocenters. The Bertz CT molecular complexity index is 343. The first-order valence-corrected chi connectivity index (χ1v) is 5.31. The average Bonchev–Trinajstić information content (AvgIpc) is 2.03. The normalized spacial score (nSPS) is 9.77. The highest BCUT2D eigenvalue weighted by Crippen LogP contribution is 2.27. The summed E-state index contributed by atoms with van der Waals surface area (Å²) in [4.78, 5) is 11.8. The highest BCUT2D eigenvalue weighted by atomic mass is 127. The molecular formula is C8H7BrINO2. The summed E-state index contributed by atoms with van der Waals surface area (Å²) in [7, 11) is 1.51.